The molecule has 6 heteroatoms. The molecule has 0 heterocycles. The van der Waals surface area contributed by atoms with Crippen molar-refractivity contribution in [1.29, 1.82) is 0 Å². The van der Waals surface area contributed by atoms with Gasteiger partial charge in [0.25, 0.3) is 5.91 Å². The van der Waals surface area contributed by atoms with E-state index in [1.807, 2.05) is 19.9 Å². The summed E-state index contributed by atoms with van der Waals surface area (Å²) in [4.78, 5) is 13.5. The standard InChI is InChI=1S/C15H24N2O3S/c1-6-21(19,20)10-12(3)16-14-9-13(8-7-11(14)2)15(18)17(4)5/h7-9,12,16H,6,10H2,1-5H3. The van der Waals surface area contributed by atoms with Gasteiger partial charge in [-0.05, 0) is 31.5 Å². The molecule has 1 amide bonds. The average molecular weight is 312 g/mol. The van der Waals surface area contributed by atoms with Gasteiger partial charge in [-0.15, -0.1) is 0 Å². The van der Waals surface area contributed by atoms with Crippen LogP contribution in [-0.4, -0.2) is 50.9 Å². The van der Waals surface area contributed by atoms with E-state index in [0.29, 0.717) is 5.56 Å². The van der Waals surface area contributed by atoms with Crippen LogP contribution in [0.5, 0.6) is 0 Å². The van der Waals surface area contributed by atoms with Gasteiger partial charge in [-0.1, -0.05) is 13.0 Å². The van der Waals surface area contributed by atoms with Gasteiger partial charge in [-0.25, -0.2) is 8.42 Å². The molecule has 0 saturated carbocycles. The van der Waals surface area contributed by atoms with Crippen molar-refractivity contribution in [2.45, 2.75) is 26.8 Å². The Labute approximate surface area is 127 Å². The normalized spacial score (nSPS) is 12.8. The number of hydrogen-bond acceptors (Lipinski definition) is 4. The largest absolute Gasteiger partial charge is 0.381 e. The summed E-state index contributed by atoms with van der Waals surface area (Å²) in [6.07, 6.45) is 0. The van der Waals surface area contributed by atoms with Crippen LogP contribution in [-0.2, 0) is 9.84 Å². The number of sulfone groups is 1. The first-order valence-electron chi connectivity index (χ1n) is 6.95. The third kappa shape index (κ3) is 5.04. The second-order valence-corrected chi connectivity index (χ2v) is 7.87. The summed E-state index contributed by atoms with van der Waals surface area (Å²) >= 11 is 0. The number of nitrogens with zero attached hydrogens (tertiary/aromatic N) is 1. The first-order valence-corrected chi connectivity index (χ1v) is 8.77. The van der Waals surface area contributed by atoms with Crippen molar-refractivity contribution >= 4 is 21.4 Å². The molecule has 0 aliphatic rings. The molecular formula is C15H24N2O3S. The molecular weight excluding hydrogens is 288 g/mol. The van der Waals surface area contributed by atoms with E-state index in [2.05, 4.69) is 5.32 Å². The second kappa shape index (κ2) is 6.93. The molecule has 1 unspecified atom stereocenters. The van der Waals surface area contributed by atoms with Gasteiger partial charge in [0.15, 0.2) is 9.84 Å². The highest BCUT2D eigenvalue weighted by atomic mass is 32.2. The minimum absolute atomic E-state index is 0.0770. The second-order valence-electron chi connectivity index (χ2n) is 5.47. The number of benzene rings is 1. The lowest BCUT2D eigenvalue weighted by molar-refractivity contribution is 0.0827. The van der Waals surface area contributed by atoms with E-state index in [-0.39, 0.29) is 23.5 Å². The van der Waals surface area contributed by atoms with Gasteiger partial charge >= 0.3 is 0 Å². The molecule has 21 heavy (non-hydrogen) atoms. The summed E-state index contributed by atoms with van der Waals surface area (Å²) in [5.41, 5.74) is 2.35. The molecule has 0 radical (unpaired) electrons. The zero-order valence-corrected chi connectivity index (χ0v) is 14.1. The molecule has 0 bridgehead atoms. The Morgan fingerprint density at radius 3 is 2.48 bits per heavy atom. The van der Waals surface area contributed by atoms with Crippen molar-refractivity contribution in [3.63, 3.8) is 0 Å². The fraction of sp³-hybridized carbons (Fsp3) is 0.533. The monoisotopic (exact) mass is 312 g/mol. The Morgan fingerprint density at radius 1 is 1.33 bits per heavy atom. The van der Waals surface area contributed by atoms with Crippen molar-refractivity contribution < 1.29 is 13.2 Å². The molecule has 1 N–H and O–H groups in total. The molecule has 1 rings (SSSR count). The van der Waals surface area contributed by atoms with Crippen LogP contribution in [0.15, 0.2) is 18.2 Å². The van der Waals surface area contributed by atoms with Crippen LogP contribution in [0, 0.1) is 6.92 Å². The van der Waals surface area contributed by atoms with Crippen LogP contribution in [0.3, 0.4) is 0 Å². The van der Waals surface area contributed by atoms with Crippen LogP contribution in [0.25, 0.3) is 0 Å². The molecule has 0 fully saturated rings. The summed E-state index contributed by atoms with van der Waals surface area (Å²) in [6.45, 7) is 5.39. The lowest BCUT2D eigenvalue weighted by atomic mass is 10.1. The predicted octanol–water partition coefficient (Wildman–Crippen LogP) is 1.93. The van der Waals surface area contributed by atoms with Crippen LogP contribution in [0.4, 0.5) is 5.69 Å². The molecule has 5 nitrogen and oxygen atoms in total. The summed E-state index contributed by atoms with van der Waals surface area (Å²) in [5.74, 6) is 0.137. The van der Waals surface area contributed by atoms with E-state index >= 15 is 0 Å². The van der Waals surface area contributed by atoms with Crippen molar-refractivity contribution in [2.75, 3.05) is 30.9 Å². The Hall–Kier alpha value is -1.56. The number of carbonyl (C=O) groups is 1. The summed E-state index contributed by atoms with van der Waals surface area (Å²) < 4.78 is 23.3. The minimum Gasteiger partial charge on any atom is -0.381 e. The van der Waals surface area contributed by atoms with Crippen molar-refractivity contribution in [1.82, 2.24) is 4.90 Å². The minimum atomic E-state index is -3.03. The SMILES string of the molecule is CCS(=O)(=O)CC(C)Nc1cc(C(=O)N(C)C)ccc1C. The Bertz CT molecular complexity index is 609. The van der Waals surface area contributed by atoms with E-state index in [1.165, 1.54) is 4.90 Å². The van der Waals surface area contributed by atoms with Crippen LogP contribution in [0.1, 0.15) is 29.8 Å². The lowest BCUT2D eigenvalue weighted by Gasteiger charge is -2.18. The van der Waals surface area contributed by atoms with Gasteiger partial charge in [0.2, 0.25) is 0 Å². The predicted molar refractivity (Wildman–Crippen MR) is 86.6 cm³/mol. The zero-order valence-electron chi connectivity index (χ0n) is 13.3. The third-order valence-electron chi connectivity index (χ3n) is 3.24. The fourth-order valence-corrected chi connectivity index (χ4v) is 3.06. The molecule has 118 valence electrons. The molecule has 0 aliphatic carbocycles. The number of anilines is 1. The Morgan fingerprint density at radius 2 is 1.95 bits per heavy atom. The van der Waals surface area contributed by atoms with E-state index in [1.54, 1.807) is 33.2 Å². The summed E-state index contributed by atoms with van der Waals surface area (Å²) in [5, 5.41) is 3.18. The number of hydrogen-bond donors (Lipinski definition) is 1. The third-order valence-corrected chi connectivity index (χ3v) is 5.12. The molecule has 0 saturated heterocycles. The summed E-state index contributed by atoms with van der Waals surface area (Å²) in [6, 6.07) is 5.20. The van der Waals surface area contributed by atoms with E-state index in [4.69, 9.17) is 0 Å². The average Bonchev–Trinajstić information content (AvgIpc) is 2.39. The topological polar surface area (TPSA) is 66.5 Å². The zero-order chi connectivity index (χ0) is 16.2. The molecule has 0 aliphatic heterocycles. The first kappa shape index (κ1) is 17.5. The molecule has 1 aromatic rings. The van der Waals surface area contributed by atoms with Crippen LogP contribution in [0.2, 0.25) is 0 Å². The smallest absolute Gasteiger partial charge is 0.253 e. The molecule has 0 spiro atoms. The summed E-state index contributed by atoms with van der Waals surface area (Å²) in [7, 11) is 0.371. The maximum atomic E-state index is 12.0. The van der Waals surface area contributed by atoms with Crippen molar-refractivity contribution in [2.24, 2.45) is 0 Å². The number of nitrogens with one attached hydrogen (secondary N) is 1. The number of rotatable bonds is 6. The van der Waals surface area contributed by atoms with Crippen molar-refractivity contribution in [3.8, 4) is 0 Å². The highest BCUT2D eigenvalue weighted by Gasteiger charge is 2.15. The maximum Gasteiger partial charge on any atom is 0.253 e. The quantitative estimate of drug-likeness (QED) is 0.871. The Balaban J connectivity index is 2.93. The Kier molecular flexibility index (Phi) is 5.78. The molecule has 1 atom stereocenters. The van der Waals surface area contributed by atoms with E-state index in [0.717, 1.165) is 11.3 Å². The maximum absolute atomic E-state index is 12.0. The highest BCUT2D eigenvalue weighted by Crippen LogP contribution is 2.19. The molecule has 0 aromatic heterocycles. The lowest BCUT2D eigenvalue weighted by Crippen LogP contribution is -2.27. The number of amides is 1. The van der Waals surface area contributed by atoms with Gasteiger partial charge in [-0.2, -0.15) is 0 Å². The van der Waals surface area contributed by atoms with Gasteiger partial charge in [0.1, 0.15) is 0 Å². The highest BCUT2D eigenvalue weighted by molar-refractivity contribution is 7.91. The number of carbonyl (C=O) groups excluding carboxylic acids is 1. The van der Waals surface area contributed by atoms with Gasteiger partial charge in [0, 0.05) is 37.1 Å². The first-order chi connectivity index (χ1) is 9.66. The van der Waals surface area contributed by atoms with Crippen LogP contribution < -0.4 is 5.32 Å². The number of aryl methyl sites for hydroxylation is 1. The van der Waals surface area contributed by atoms with E-state index in [9.17, 15) is 13.2 Å². The molecule has 1 aromatic carbocycles. The van der Waals surface area contributed by atoms with Gasteiger partial charge in [-0.3, -0.25) is 4.79 Å². The fourth-order valence-electron chi connectivity index (χ4n) is 1.97. The van der Waals surface area contributed by atoms with E-state index < -0.39 is 9.84 Å². The van der Waals surface area contributed by atoms with Gasteiger partial charge in [0.05, 0.1) is 5.75 Å². The van der Waals surface area contributed by atoms with Crippen molar-refractivity contribution in [3.05, 3.63) is 29.3 Å². The van der Waals surface area contributed by atoms with Gasteiger partial charge < -0.3 is 10.2 Å². The van der Waals surface area contributed by atoms with Crippen LogP contribution >= 0.6 is 0 Å².